The summed E-state index contributed by atoms with van der Waals surface area (Å²) in [4.78, 5) is 20.9. The van der Waals surface area contributed by atoms with E-state index >= 15 is 0 Å². The van der Waals surface area contributed by atoms with Crippen LogP contribution in [0.2, 0.25) is 0 Å². The van der Waals surface area contributed by atoms with Gasteiger partial charge in [-0.3, -0.25) is 9.20 Å². The van der Waals surface area contributed by atoms with Crippen molar-refractivity contribution in [2.24, 2.45) is 5.92 Å². The molecule has 5 heteroatoms. The summed E-state index contributed by atoms with van der Waals surface area (Å²) in [5, 5.41) is 3.02. The van der Waals surface area contributed by atoms with Crippen LogP contribution in [-0.4, -0.2) is 26.3 Å². The first-order valence-electron chi connectivity index (χ1n) is 6.68. The van der Waals surface area contributed by atoms with E-state index < -0.39 is 0 Å². The topological polar surface area (TPSA) is 59.3 Å². The average Bonchev–Trinajstić information content (AvgIpc) is 3.09. The fraction of sp³-hybridized carbons (Fsp3) is 0.500. The summed E-state index contributed by atoms with van der Waals surface area (Å²) in [5.41, 5.74) is 2.98. The first kappa shape index (κ1) is 12.1. The molecule has 2 aromatic heterocycles. The van der Waals surface area contributed by atoms with Crippen molar-refractivity contribution in [1.82, 2.24) is 19.7 Å². The lowest BCUT2D eigenvalue weighted by molar-refractivity contribution is 0.0933. The molecular weight excluding hydrogens is 240 g/mol. The Labute approximate surface area is 112 Å². The normalized spacial score (nSPS) is 16.6. The van der Waals surface area contributed by atoms with Crippen molar-refractivity contribution in [1.29, 1.82) is 0 Å². The molecule has 19 heavy (non-hydrogen) atoms. The number of amides is 1. The minimum atomic E-state index is -0.126. The Morgan fingerprint density at radius 3 is 2.89 bits per heavy atom. The average molecular weight is 258 g/mol. The van der Waals surface area contributed by atoms with Crippen LogP contribution in [0, 0.1) is 19.8 Å². The van der Waals surface area contributed by atoms with Gasteiger partial charge in [0.2, 0.25) is 0 Å². The highest BCUT2D eigenvalue weighted by Crippen LogP contribution is 2.32. The lowest BCUT2D eigenvalue weighted by atomic mass is 10.2. The van der Waals surface area contributed by atoms with E-state index in [1.54, 1.807) is 6.33 Å². The molecule has 2 heterocycles. The van der Waals surface area contributed by atoms with Gasteiger partial charge < -0.3 is 5.32 Å². The summed E-state index contributed by atoms with van der Waals surface area (Å²) in [6.07, 6.45) is 4.08. The second-order valence-electron chi connectivity index (χ2n) is 5.43. The van der Waals surface area contributed by atoms with Crippen molar-refractivity contribution in [2.75, 3.05) is 0 Å². The molecule has 0 saturated heterocycles. The first-order valence-corrected chi connectivity index (χ1v) is 6.68. The van der Waals surface area contributed by atoms with Gasteiger partial charge in [-0.1, -0.05) is 0 Å². The van der Waals surface area contributed by atoms with Crippen LogP contribution >= 0.6 is 0 Å². The van der Waals surface area contributed by atoms with Gasteiger partial charge in [0.05, 0.1) is 0 Å². The third-order valence-corrected chi connectivity index (χ3v) is 3.73. The third kappa shape index (κ3) is 2.20. The van der Waals surface area contributed by atoms with Crippen molar-refractivity contribution in [2.45, 2.75) is 39.7 Å². The van der Waals surface area contributed by atoms with Gasteiger partial charge in [0.15, 0.2) is 11.3 Å². The van der Waals surface area contributed by atoms with Gasteiger partial charge in [0.1, 0.15) is 6.33 Å². The predicted molar refractivity (Wildman–Crippen MR) is 72.1 cm³/mol. The van der Waals surface area contributed by atoms with Gasteiger partial charge in [-0.25, -0.2) is 9.97 Å². The number of aryl methyl sites for hydroxylation is 2. The quantitative estimate of drug-likeness (QED) is 0.914. The SMILES string of the molecule is Cc1cc(C)n2cnc(C(=O)NC(C)C3CC3)c2n1. The van der Waals surface area contributed by atoms with Gasteiger partial charge >= 0.3 is 0 Å². The largest absolute Gasteiger partial charge is 0.348 e. The number of nitrogens with one attached hydrogen (secondary N) is 1. The number of imidazole rings is 1. The number of rotatable bonds is 3. The van der Waals surface area contributed by atoms with Crippen molar-refractivity contribution >= 4 is 11.6 Å². The van der Waals surface area contributed by atoms with Crippen molar-refractivity contribution < 1.29 is 4.79 Å². The highest BCUT2D eigenvalue weighted by atomic mass is 16.2. The summed E-state index contributed by atoms with van der Waals surface area (Å²) >= 11 is 0. The molecule has 1 aliphatic carbocycles. The summed E-state index contributed by atoms with van der Waals surface area (Å²) < 4.78 is 1.85. The van der Waals surface area contributed by atoms with Crippen LogP contribution < -0.4 is 5.32 Å². The van der Waals surface area contributed by atoms with Crippen LogP contribution in [0.15, 0.2) is 12.4 Å². The van der Waals surface area contributed by atoms with E-state index in [1.807, 2.05) is 24.3 Å². The maximum Gasteiger partial charge on any atom is 0.274 e. The smallest absolute Gasteiger partial charge is 0.274 e. The summed E-state index contributed by atoms with van der Waals surface area (Å²) in [6.45, 7) is 5.96. The van der Waals surface area contributed by atoms with Gasteiger partial charge in [0.25, 0.3) is 5.91 Å². The van der Waals surface area contributed by atoms with E-state index in [0.29, 0.717) is 17.3 Å². The maximum atomic E-state index is 12.3. The fourth-order valence-corrected chi connectivity index (χ4v) is 2.43. The minimum absolute atomic E-state index is 0.126. The van der Waals surface area contributed by atoms with Crippen LogP contribution in [-0.2, 0) is 0 Å². The van der Waals surface area contributed by atoms with Gasteiger partial charge in [-0.2, -0.15) is 0 Å². The van der Waals surface area contributed by atoms with E-state index in [9.17, 15) is 4.79 Å². The Morgan fingerprint density at radius 2 is 2.21 bits per heavy atom. The molecule has 0 aliphatic heterocycles. The number of aromatic nitrogens is 3. The number of carbonyl (C=O) groups is 1. The van der Waals surface area contributed by atoms with Gasteiger partial charge in [0, 0.05) is 17.4 Å². The van der Waals surface area contributed by atoms with Gasteiger partial charge in [-0.15, -0.1) is 0 Å². The van der Waals surface area contributed by atoms with Crippen LogP contribution in [0.5, 0.6) is 0 Å². The zero-order chi connectivity index (χ0) is 13.6. The van der Waals surface area contributed by atoms with Crippen molar-refractivity contribution in [3.05, 3.63) is 29.5 Å². The molecule has 3 rings (SSSR count). The fourth-order valence-electron chi connectivity index (χ4n) is 2.43. The molecule has 5 nitrogen and oxygen atoms in total. The second kappa shape index (κ2) is 4.33. The van der Waals surface area contributed by atoms with Crippen LogP contribution in [0.4, 0.5) is 0 Å². The molecule has 1 saturated carbocycles. The van der Waals surface area contributed by atoms with E-state index in [2.05, 4.69) is 22.2 Å². The molecule has 0 bridgehead atoms. The molecule has 1 N–H and O–H groups in total. The number of fused-ring (bicyclic) bond motifs is 1. The van der Waals surface area contributed by atoms with Crippen LogP contribution in [0.25, 0.3) is 5.65 Å². The highest BCUT2D eigenvalue weighted by molar-refractivity contribution is 5.98. The molecule has 2 aromatic rings. The van der Waals surface area contributed by atoms with E-state index in [1.165, 1.54) is 12.8 Å². The van der Waals surface area contributed by atoms with Crippen LogP contribution in [0.1, 0.15) is 41.6 Å². The first-order chi connectivity index (χ1) is 9.06. The molecule has 1 atom stereocenters. The highest BCUT2D eigenvalue weighted by Gasteiger charge is 2.30. The Balaban J connectivity index is 1.93. The third-order valence-electron chi connectivity index (χ3n) is 3.73. The summed E-state index contributed by atoms with van der Waals surface area (Å²) in [6, 6.07) is 2.19. The second-order valence-corrected chi connectivity index (χ2v) is 5.43. The van der Waals surface area contributed by atoms with E-state index in [4.69, 9.17) is 0 Å². The molecular formula is C14H18N4O. The number of nitrogens with zero attached hydrogens (tertiary/aromatic N) is 3. The number of carbonyl (C=O) groups excluding carboxylic acids is 1. The molecule has 1 unspecified atom stereocenters. The summed E-state index contributed by atoms with van der Waals surface area (Å²) in [7, 11) is 0. The number of hydrogen-bond acceptors (Lipinski definition) is 3. The van der Waals surface area contributed by atoms with Gasteiger partial charge in [-0.05, 0) is 45.6 Å². The van der Waals surface area contributed by atoms with Crippen molar-refractivity contribution in [3.8, 4) is 0 Å². The van der Waals surface area contributed by atoms with E-state index in [-0.39, 0.29) is 11.9 Å². The molecule has 1 aliphatic rings. The zero-order valence-electron chi connectivity index (χ0n) is 11.5. The van der Waals surface area contributed by atoms with Crippen LogP contribution in [0.3, 0.4) is 0 Å². The monoisotopic (exact) mass is 258 g/mol. The van der Waals surface area contributed by atoms with E-state index in [0.717, 1.165) is 11.4 Å². The Morgan fingerprint density at radius 1 is 1.47 bits per heavy atom. The lowest BCUT2D eigenvalue weighted by Crippen LogP contribution is -2.34. The Bertz CT molecular complexity index is 642. The minimum Gasteiger partial charge on any atom is -0.348 e. The molecule has 0 spiro atoms. The maximum absolute atomic E-state index is 12.3. The zero-order valence-corrected chi connectivity index (χ0v) is 11.5. The predicted octanol–water partition coefficient (Wildman–Crippen LogP) is 1.87. The molecule has 1 fully saturated rings. The van der Waals surface area contributed by atoms with Crippen molar-refractivity contribution in [3.63, 3.8) is 0 Å². The molecule has 0 aromatic carbocycles. The Hall–Kier alpha value is -1.91. The molecule has 0 radical (unpaired) electrons. The number of hydrogen-bond donors (Lipinski definition) is 1. The molecule has 1 amide bonds. The Kier molecular flexibility index (Phi) is 2.77. The standard InChI is InChI=1S/C14H18N4O/c1-8-6-9(2)18-7-15-12(13(18)16-8)14(19)17-10(3)11-4-5-11/h6-7,10-11H,4-5H2,1-3H3,(H,17,19). The lowest BCUT2D eigenvalue weighted by Gasteiger charge is -2.11. The summed E-state index contributed by atoms with van der Waals surface area (Å²) in [5.74, 6) is 0.508. The molecule has 100 valence electrons.